The average Bonchev–Trinajstić information content (AvgIpc) is 2.95. The van der Waals surface area contributed by atoms with Gasteiger partial charge in [-0.05, 0) is 30.0 Å². The first-order valence-corrected chi connectivity index (χ1v) is 5.86. The molecule has 2 aromatic rings. The van der Waals surface area contributed by atoms with E-state index in [4.69, 9.17) is 5.73 Å². The number of nitrogens with one attached hydrogen (secondary N) is 1. The molecule has 1 aliphatic heterocycles. The minimum Gasteiger partial charge on any atom is -0.361 e. The molecule has 4 nitrogen and oxygen atoms in total. The van der Waals surface area contributed by atoms with Crippen molar-refractivity contribution in [2.75, 3.05) is 13.1 Å². The maximum atomic E-state index is 12.2. The molecule has 0 spiro atoms. The van der Waals surface area contributed by atoms with E-state index in [0.29, 0.717) is 6.54 Å². The van der Waals surface area contributed by atoms with Gasteiger partial charge in [0.1, 0.15) is 0 Å². The number of aromatic amines is 1. The second-order valence-electron chi connectivity index (χ2n) is 4.58. The van der Waals surface area contributed by atoms with Gasteiger partial charge in [0.2, 0.25) is 0 Å². The summed E-state index contributed by atoms with van der Waals surface area (Å²) in [5, 5.41) is 1.12. The number of hydrogen-bond acceptors (Lipinski definition) is 2. The monoisotopic (exact) mass is 229 g/mol. The van der Waals surface area contributed by atoms with Gasteiger partial charge in [0, 0.05) is 36.4 Å². The second kappa shape index (κ2) is 3.89. The highest BCUT2D eigenvalue weighted by atomic mass is 16.2. The molecule has 17 heavy (non-hydrogen) atoms. The summed E-state index contributed by atoms with van der Waals surface area (Å²) in [5.74, 6) is 0.0782. The van der Waals surface area contributed by atoms with Crippen LogP contribution in [0.3, 0.4) is 0 Å². The van der Waals surface area contributed by atoms with E-state index in [1.807, 2.05) is 35.4 Å². The number of likely N-dealkylation sites (tertiary alicyclic amines) is 1. The molecule has 0 saturated carbocycles. The van der Waals surface area contributed by atoms with Crippen molar-refractivity contribution in [1.82, 2.24) is 9.88 Å². The van der Waals surface area contributed by atoms with Crippen molar-refractivity contribution in [3.05, 3.63) is 36.0 Å². The number of amides is 1. The third-order valence-electron chi connectivity index (χ3n) is 3.31. The number of benzene rings is 1. The third-order valence-corrected chi connectivity index (χ3v) is 3.31. The summed E-state index contributed by atoms with van der Waals surface area (Å²) >= 11 is 0. The van der Waals surface area contributed by atoms with Gasteiger partial charge < -0.3 is 15.6 Å². The minimum atomic E-state index is 0.0782. The average molecular weight is 229 g/mol. The standard InChI is InChI=1S/C13H15N3O/c14-11-4-6-16(8-11)13(17)10-2-1-9-3-5-15-12(9)7-10/h1-3,5,7,11,15H,4,6,8,14H2/t11-/m0/s1. The fourth-order valence-electron chi connectivity index (χ4n) is 2.34. The molecule has 88 valence electrons. The smallest absolute Gasteiger partial charge is 0.253 e. The van der Waals surface area contributed by atoms with E-state index < -0.39 is 0 Å². The summed E-state index contributed by atoms with van der Waals surface area (Å²) in [7, 11) is 0. The molecule has 3 rings (SSSR count). The van der Waals surface area contributed by atoms with Gasteiger partial charge in [0.15, 0.2) is 0 Å². The van der Waals surface area contributed by atoms with Crippen molar-refractivity contribution >= 4 is 16.8 Å². The summed E-state index contributed by atoms with van der Waals surface area (Å²) in [5.41, 5.74) is 7.54. The quantitative estimate of drug-likeness (QED) is 0.775. The van der Waals surface area contributed by atoms with Crippen molar-refractivity contribution in [3.63, 3.8) is 0 Å². The molecule has 0 aliphatic carbocycles. The molecule has 1 aromatic heterocycles. The molecule has 1 aromatic carbocycles. The van der Waals surface area contributed by atoms with Crippen LogP contribution >= 0.6 is 0 Å². The molecule has 3 N–H and O–H groups in total. The highest BCUT2D eigenvalue weighted by Crippen LogP contribution is 2.17. The van der Waals surface area contributed by atoms with Crippen LogP contribution in [-0.4, -0.2) is 34.9 Å². The van der Waals surface area contributed by atoms with Crippen LogP contribution < -0.4 is 5.73 Å². The zero-order chi connectivity index (χ0) is 11.8. The normalized spacial score (nSPS) is 20.1. The van der Waals surface area contributed by atoms with Crippen LogP contribution in [0.1, 0.15) is 16.8 Å². The lowest BCUT2D eigenvalue weighted by atomic mass is 10.1. The molecule has 0 bridgehead atoms. The van der Waals surface area contributed by atoms with Gasteiger partial charge in [-0.15, -0.1) is 0 Å². The van der Waals surface area contributed by atoms with Gasteiger partial charge in [-0.25, -0.2) is 0 Å². The Bertz CT molecular complexity index is 561. The molecule has 1 saturated heterocycles. The number of rotatable bonds is 1. The van der Waals surface area contributed by atoms with E-state index in [1.54, 1.807) is 0 Å². The lowest BCUT2D eigenvalue weighted by Gasteiger charge is -2.15. The van der Waals surface area contributed by atoms with Crippen molar-refractivity contribution in [1.29, 1.82) is 0 Å². The van der Waals surface area contributed by atoms with Crippen LogP contribution in [0.15, 0.2) is 30.5 Å². The summed E-state index contributed by atoms with van der Waals surface area (Å²) in [4.78, 5) is 17.2. The van der Waals surface area contributed by atoms with Crippen LogP contribution in [0.25, 0.3) is 10.9 Å². The lowest BCUT2D eigenvalue weighted by Crippen LogP contribution is -2.31. The summed E-state index contributed by atoms with van der Waals surface area (Å²) in [6, 6.07) is 7.88. The van der Waals surface area contributed by atoms with Gasteiger partial charge in [-0.3, -0.25) is 4.79 Å². The van der Waals surface area contributed by atoms with E-state index >= 15 is 0 Å². The van der Waals surface area contributed by atoms with Gasteiger partial charge in [-0.2, -0.15) is 0 Å². The van der Waals surface area contributed by atoms with Crippen molar-refractivity contribution in [2.45, 2.75) is 12.5 Å². The van der Waals surface area contributed by atoms with Crippen molar-refractivity contribution in [3.8, 4) is 0 Å². The largest absolute Gasteiger partial charge is 0.361 e. The second-order valence-corrected chi connectivity index (χ2v) is 4.58. The predicted octanol–water partition coefficient (Wildman–Crippen LogP) is 1.34. The first kappa shape index (κ1) is 10.4. The molecule has 1 amide bonds. The maximum Gasteiger partial charge on any atom is 0.253 e. The Labute approximate surface area is 99.4 Å². The zero-order valence-corrected chi connectivity index (χ0v) is 9.52. The zero-order valence-electron chi connectivity index (χ0n) is 9.52. The molecule has 4 heteroatoms. The van der Waals surface area contributed by atoms with E-state index in [1.165, 1.54) is 0 Å². The highest BCUT2D eigenvalue weighted by Gasteiger charge is 2.24. The first-order valence-electron chi connectivity index (χ1n) is 5.86. The number of hydrogen-bond donors (Lipinski definition) is 2. The molecule has 1 fully saturated rings. The number of nitrogens with zero attached hydrogens (tertiary/aromatic N) is 1. The number of H-pyrrole nitrogens is 1. The minimum absolute atomic E-state index is 0.0782. The van der Waals surface area contributed by atoms with E-state index in [2.05, 4.69) is 4.98 Å². The Morgan fingerprint density at radius 3 is 3.06 bits per heavy atom. The van der Waals surface area contributed by atoms with Crippen LogP contribution in [0, 0.1) is 0 Å². The summed E-state index contributed by atoms with van der Waals surface area (Å²) in [6.07, 6.45) is 2.78. The lowest BCUT2D eigenvalue weighted by molar-refractivity contribution is 0.0791. The number of fused-ring (bicyclic) bond motifs is 1. The fraction of sp³-hybridized carbons (Fsp3) is 0.308. The van der Waals surface area contributed by atoms with Crippen molar-refractivity contribution in [2.24, 2.45) is 5.73 Å². The van der Waals surface area contributed by atoms with E-state index in [0.717, 1.165) is 29.4 Å². The molecule has 1 atom stereocenters. The Kier molecular flexibility index (Phi) is 2.37. The fourth-order valence-corrected chi connectivity index (χ4v) is 2.34. The molecular formula is C13H15N3O. The van der Waals surface area contributed by atoms with Crippen molar-refractivity contribution < 1.29 is 4.79 Å². The first-order chi connectivity index (χ1) is 8.24. The number of nitrogens with two attached hydrogens (primary N) is 1. The maximum absolute atomic E-state index is 12.2. The van der Waals surface area contributed by atoms with E-state index in [9.17, 15) is 4.79 Å². The summed E-state index contributed by atoms with van der Waals surface area (Å²) < 4.78 is 0. The van der Waals surface area contributed by atoms with Gasteiger partial charge in [0.25, 0.3) is 5.91 Å². The van der Waals surface area contributed by atoms with Gasteiger partial charge >= 0.3 is 0 Å². The van der Waals surface area contributed by atoms with E-state index in [-0.39, 0.29) is 11.9 Å². The molecule has 2 heterocycles. The van der Waals surface area contributed by atoms with Crippen LogP contribution in [0.5, 0.6) is 0 Å². The van der Waals surface area contributed by atoms with Gasteiger partial charge in [0.05, 0.1) is 0 Å². The molecule has 0 radical (unpaired) electrons. The molecule has 1 aliphatic rings. The highest BCUT2D eigenvalue weighted by molar-refractivity contribution is 5.98. The van der Waals surface area contributed by atoms with Crippen LogP contribution in [0.4, 0.5) is 0 Å². The summed E-state index contributed by atoms with van der Waals surface area (Å²) in [6.45, 7) is 1.43. The third kappa shape index (κ3) is 1.80. The molecule has 0 unspecified atom stereocenters. The number of aromatic nitrogens is 1. The number of carbonyl (C=O) groups excluding carboxylic acids is 1. The Hall–Kier alpha value is -1.81. The Balaban J connectivity index is 1.89. The van der Waals surface area contributed by atoms with Gasteiger partial charge in [-0.1, -0.05) is 6.07 Å². The Morgan fingerprint density at radius 2 is 2.29 bits per heavy atom. The number of carbonyl (C=O) groups is 1. The van der Waals surface area contributed by atoms with Crippen LogP contribution in [-0.2, 0) is 0 Å². The SMILES string of the molecule is N[C@H]1CCN(C(=O)c2ccc3cc[nH]c3c2)C1. The predicted molar refractivity (Wildman–Crippen MR) is 66.8 cm³/mol. The van der Waals surface area contributed by atoms with Crippen LogP contribution in [0.2, 0.25) is 0 Å². The topological polar surface area (TPSA) is 62.1 Å². The molecular weight excluding hydrogens is 214 g/mol. The Morgan fingerprint density at radius 1 is 1.41 bits per heavy atom.